The van der Waals surface area contributed by atoms with E-state index in [9.17, 15) is 9.59 Å². The van der Waals surface area contributed by atoms with Crippen LogP contribution in [0, 0.1) is 11.8 Å². The fourth-order valence-electron chi connectivity index (χ4n) is 2.71. The lowest BCUT2D eigenvalue weighted by Crippen LogP contribution is -2.30. The van der Waals surface area contributed by atoms with E-state index < -0.39 is 0 Å². The number of alkyl halides is 1. The van der Waals surface area contributed by atoms with Gasteiger partial charge in [-0.1, -0.05) is 59.6 Å². The summed E-state index contributed by atoms with van der Waals surface area (Å²) >= 11 is 3.22. The fourth-order valence-corrected chi connectivity index (χ4v) is 3.12. The third-order valence-electron chi connectivity index (χ3n) is 3.97. The molecule has 4 nitrogen and oxygen atoms in total. The van der Waals surface area contributed by atoms with Crippen LogP contribution in [0.3, 0.4) is 0 Å². The summed E-state index contributed by atoms with van der Waals surface area (Å²) in [6, 6.07) is 9.59. The van der Waals surface area contributed by atoms with Crippen molar-refractivity contribution in [2.24, 2.45) is 11.8 Å². The van der Waals surface area contributed by atoms with E-state index in [0.717, 1.165) is 12.0 Å². The van der Waals surface area contributed by atoms with Gasteiger partial charge in [0.05, 0.1) is 5.33 Å². The molecule has 114 valence electrons. The van der Waals surface area contributed by atoms with E-state index in [-0.39, 0.29) is 30.3 Å². The van der Waals surface area contributed by atoms with Crippen molar-refractivity contribution >= 4 is 27.8 Å². The number of hydrogen-bond acceptors (Lipinski definition) is 3. The summed E-state index contributed by atoms with van der Waals surface area (Å²) in [6.07, 6.45) is 0.563. The normalized spacial score (nSPS) is 21.3. The zero-order chi connectivity index (χ0) is 15.2. The lowest BCUT2D eigenvalue weighted by atomic mass is 9.91. The quantitative estimate of drug-likeness (QED) is 0.763. The van der Waals surface area contributed by atoms with Crippen LogP contribution < -0.4 is 0 Å². The molecule has 0 radical (unpaired) electrons. The maximum Gasteiger partial charge on any atom is 0.410 e. The number of hydrogen-bond donors (Lipinski definition) is 0. The number of halogens is 1. The zero-order valence-electron chi connectivity index (χ0n) is 12.1. The van der Waals surface area contributed by atoms with Gasteiger partial charge >= 0.3 is 6.09 Å². The van der Waals surface area contributed by atoms with Crippen LogP contribution in [-0.4, -0.2) is 35.2 Å². The molecule has 0 bridgehead atoms. The molecule has 2 atom stereocenters. The largest absolute Gasteiger partial charge is 0.445 e. The van der Waals surface area contributed by atoms with Crippen LogP contribution >= 0.6 is 15.9 Å². The van der Waals surface area contributed by atoms with Gasteiger partial charge in [0.25, 0.3) is 0 Å². The molecule has 0 N–H and O–H groups in total. The number of ether oxygens (including phenoxy) is 1. The number of ketones is 1. The van der Waals surface area contributed by atoms with E-state index in [2.05, 4.69) is 22.9 Å². The van der Waals surface area contributed by atoms with E-state index in [4.69, 9.17) is 4.74 Å². The van der Waals surface area contributed by atoms with Crippen LogP contribution in [0.4, 0.5) is 4.79 Å². The van der Waals surface area contributed by atoms with Crippen LogP contribution in [-0.2, 0) is 16.1 Å². The maximum absolute atomic E-state index is 12.1. The van der Waals surface area contributed by atoms with Gasteiger partial charge in [-0.05, 0) is 11.5 Å². The molecule has 21 heavy (non-hydrogen) atoms. The van der Waals surface area contributed by atoms with Gasteiger partial charge in [-0.15, -0.1) is 0 Å². The monoisotopic (exact) mass is 353 g/mol. The second-order valence-electron chi connectivity index (χ2n) is 5.32. The minimum Gasteiger partial charge on any atom is -0.445 e. The van der Waals surface area contributed by atoms with E-state index in [0.29, 0.717) is 18.4 Å². The summed E-state index contributed by atoms with van der Waals surface area (Å²) in [5, 5.41) is 0.348. The van der Waals surface area contributed by atoms with Gasteiger partial charge < -0.3 is 9.64 Å². The predicted octanol–water partition coefficient (Wildman–Crippen LogP) is 3.25. The Morgan fingerprint density at radius 2 is 2.00 bits per heavy atom. The smallest absolute Gasteiger partial charge is 0.410 e. The average molecular weight is 354 g/mol. The molecule has 1 saturated heterocycles. The Labute approximate surface area is 133 Å². The molecule has 1 fully saturated rings. The number of nitrogens with zero attached hydrogens (tertiary/aromatic N) is 1. The SMILES string of the molecule is CC[C@H]1CN(C(=O)OCc2ccccc2)C[C@H]1C(=O)CBr. The minimum absolute atomic E-state index is 0.0707. The molecule has 1 heterocycles. The van der Waals surface area contributed by atoms with Crippen molar-refractivity contribution in [1.82, 2.24) is 4.90 Å². The van der Waals surface area contributed by atoms with E-state index >= 15 is 0 Å². The second kappa shape index (κ2) is 7.59. The number of likely N-dealkylation sites (tertiary alicyclic amines) is 1. The fraction of sp³-hybridized carbons (Fsp3) is 0.500. The molecular formula is C16H20BrNO3. The first-order valence-corrected chi connectivity index (χ1v) is 8.32. The zero-order valence-corrected chi connectivity index (χ0v) is 13.7. The lowest BCUT2D eigenvalue weighted by molar-refractivity contribution is -0.120. The topological polar surface area (TPSA) is 46.6 Å². The first-order valence-electron chi connectivity index (χ1n) is 7.20. The molecular weight excluding hydrogens is 334 g/mol. The van der Waals surface area contributed by atoms with Crippen LogP contribution in [0.15, 0.2) is 30.3 Å². The molecule has 1 aromatic carbocycles. The predicted molar refractivity (Wildman–Crippen MR) is 84.3 cm³/mol. The Balaban J connectivity index is 1.90. The van der Waals surface area contributed by atoms with Gasteiger partial charge in [0.1, 0.15) is 12.4 Å². The molecule has 1 aromatic rings. The van der Waals surface area contributed by atoms with Crippen molar-refractivity contribution < 1.29 is 14.3 Å². The minimum atomic E-state index is -0.331. The maximum atomic E-state index is 12.1. The van der Waals surface area contributed by atoms with E-state index in [1.54, 1.807) is 4.90 Å². The summed E-state index contributed by atoms with van der Waals surface area (Å²) in [5.74, 6) is 0.332. The Bertz CT molecular complexity index is 492. The summed E-state index contributed by atoms with van der Waals surface area (Å²) in [7, 11) is 0. The van der Waals surface area contributed by atoms with Crippen LogP contribution in [0.1, 0.15) is 18.9 Å². The molecule has 0 unspecified atom stereocenters. The van der Waals surface area contributed by atoms with Crippen molar-refractivity contribution in [2.45, 2.75) is 20.0 Å². The standard InChI is InChI=1S/C16H20BrNO3/c1-2-13-9-18(10-14(13)15(19)8-17)16(20)21-11-12-6-4-3-5-7-12/h3-7,13-14H,2,8-11H2,1H3/t13-,14+/m0/s1. The number of carbonyl (C=O) groups is 2. The van der Waals surface area contributed by atoms with Crippen LogP contribution in [0.2, 0.25) is 0 Å². The number of benzene rings is 1. The first-order chi connectivity index (χ1) is 10.2. The van der Waals surface area contributed by atoms with Crippen molar-refractivity contribution in [3.63, 3.8) is 0 Å². The number of carbonyl (C=O) groups excluding carboxylic acids is 2. The highest BCUT2D eigenvalue weighted by Gasteiger charge is 2.38. The lowest BCUT2D eigenvalue weighted by Gasteiger charge is -2.16. The number of amides is 1. The highest BCUT2D eigenvalue weighted by atomic mass is 79.9. The van der Waals surface area contributed by atoms with Crippen molar-refractivity contribution in [3.8, 4) is 0 Å². The Kier molecular flexibility index (Phi) is 5.79. The first kappa shape index (κ1) is 16.0. The highest BCUT2D eigenvalue weighted by molar-refractivity contribution is 9.09. The molecule has 0 saturated carbocycles. The molecule has 0 spiro atoms. The highest BCUT2D eigenvalue weighted by Crippen LogP contribution is 2.28. The third kappa shape index (κ3) is 4.06. The van der Waals surface area contributed by atoms with Gasteiger partial charge in [-0.2, -0.15) is 0 Å². The van der Waals surface area contributed by atoms with Crippen LogP contribution in [0.25, 0.3) is 0 Å². The summed E-state index contributed by atoms with van der Waals surface area (Å²) < 4.78 is 5.33. The Morgan fingerprint density at radius 3 is 2.62 bits per heavy atom. The summed E-state index contributed by atoms with van der Waals surface area (Å²) in [4.78, 5) is 25.7. The van der Waals surface area contributed by atoms with Gasteiger partial charge in [-0.25, -0.2) is 4.79 Å². The van der Waals surface area contributed by atoms with E-state index in [1.807, 2.05) is 30.3 Å². The molecule has 1 aliphatic rings. The Morgan fingerprint density at radius 1 is 1.29 bits per heavy atom. The van der Waals surface area contributed by atoms with Crippen molar-refractivity contribution in [2.75, 3.05) is 18.4 Å². The summed E-state index contributed by atoms with van der Waals surface area (Å²) in [6.45, 7) is 3.39. The second-order valence-corrected chi connectivity index (χ2v) is 5.88. The van der Waals surface area contributed by atoms with Crippen LogP contribution in [0.5, 0.6) is 0 Å². The molecule has 1 aliphatic heterocycles. The van der Waals surface area contributed by atoms with Gasteiger partial charge in [0, 0.05) is 19.0 Å². The molecule has 0 aliphatic carbocycles. The molecule has 2 rings (SSSR count). The van der Waals surface area contributed by atoms with Crippen molar-refractivity contribution in [1.29, 1.82) is 0 Å². The van der Waals surface area contributed by atoms with Crippen molar-refractivity contribution in [3.05, 3.63) is 35.9 Å². The van der Waals surface area contributed by atoms with E-state index in [1.165, 1.54) is 0 Å². The van der Waals surface area contributed by atoms with Gasteiger partial charge in [0.15, 0.2) is 0 Å². The Hall–Kier alpha value is -1.36. The number of Topliss-reactive ketones (excluding diaryl/α,β-unsaturated/α-hetero) is 1. The molecule has 5 heteroatoms. The third-order valence-corrected chi connectivity index (χ3v) is 4.53. The van der Waals surface area contributed by atoms with Gasteiger partial charge in [0.2, 0.25) is 0 Å². The molecule has 1 amide bonds. The molecule has 0 aromatic heterocycles. The summed E-state index contributed by atoms with van der Waals surface area (Å²) in [5.41, 5.74) is 0.963. The average Bonchev–Trinajstić information content (AvgIpc) is 2.97. The van der Waals surface area contributed by atoms with Gasteiger partial charge in [-0.3, -0.25) is 4.79 Å². The number of rotatable bonds is 5.